The van der Waals surface area contributed by atoms with Crippen LogP contribution >= 0.6 is 0 Å². The van der Waals surface area contributed by atoms with Gasteiger partial charge in [0.25, 0.3) is 0 Å². The Kier molecular flexibility index (Phi) is 11.0. The highest BCUT2D eigenvalue weighted by Gasteiger charge is 2.24. The number of allylic oxidation sites excluding steroid dienone is 9. The molecule has 1 aromatic carbocycles. The first-order chi connectivity index (χ1) is 17.9. The van der Waals surface area contributed by atoms with Crippen molar-refractivity contribution in [1.82, 2.24) is 5.32 Å². The number of aliphatic imine (C=N–C) groups is 2. The minimum absolute atomic E-state index is 0.223. The lowest BCUT2D eigenvalue weighted by atomic mass is 9.87. The molecule has 4 heteroatoms. The van der Waals surface area contributed by atoms with Crippen molar-refractivity contribution in [3.8, 4) is 0 Å². The monoisotopic (exact) mass is 501 g/mol. The first kappa shape index (κ1) is 28.7. The number of nitrogens with zero attached hydrogens (tertiary/aromatic N) is 2. The highest BCUT2D eigenvalue weighted by Crippen LogP contribution is 2.30. The Hall–Kier alpha value is -2.85. The summed E-state index contributed by atoms with van der Waals surface area (Å²) in [6.45, 7) is 11.4. The number of nitrogens with one attached hydrogen (secondary N) is 1. The average molecular weight is 502 g/mol. The van der Waals surface area contributed by atoms with E-state index >= 15 is 4.39 Å². The Morgan fingerprint density at radius 1 is 1.22 bits per heavy atom. The molecule has 1 heterocycles. The second kappa shape index (κ2) is 14.2. The summed E-state index contributed by atoms with van der Waals surface area (Å²) in [6.07, 6.45) is 20.9. The molecule has 0 saturated carbocycles. The topological polar surface area (TPSA) is 36.8 Å². The van der Waals surface area contributed by atoms with Gasteiger partial charge >= 0.3 is 0 Å². The molecule has 3 rings (SSSR count). The maximum absolute atomic E-state index is 15.6. The number of hydrogen-bond donors (Lipinski definition) is 1. The predicted molar refractivity (Wildman–Crippen MR) is 159 cm³/mol. The Labute approximate surface area is 223 Å². The molecule has 1 aliphatic carbocycles. The van der Waals surface area contributed by atoms with Crippen LogP contribution in [0.1, 0.15) is 82.9 Å². The molecule has 1 aliphatic heterocycles. The van der Waals surface area contributed by atoms with Crippen LogP contribution < -0.4 is 5.32 Å². The number of halogens is 1. The van der Waals surface area contributed by atoms with Crippen LogP contribution in [0.4, 0.5) is 4.39 Å². The fourth-order valence-corrected chi connectivity index (χ4v) is 5.25. The summed E-state index contributed by atoms with van der Waals surface area (Å²) in [6, 6.07) is 4.18. The molecule has 1 saturated heterocycles. The smallest absolute Gasteiger partial charge is 0.131 e. The van der Waals surface area contributed by atoms with Gasteiger partial charge in [-0.05, 0) is 107 Å². The van der Waals surface area contributed by atoms with E-state index < -0.39 is 0 Å². The Balaban J connectivity index is 1.90. The van der Waals surface area contributed by atoms with Gasteiger partial charge in [0.05, 0.1) is 5.71 Å². The van der Waals surface area contributed by atoms with Crippen LogP contribution in [0.5, 0.6) is 0 Å². The highest BCUT2D eigenvalue weighted by molar-refractivity contribution is 6.09. The van der Waals surface area contributed by atoms with Crippen molar-refractivity contribution in [2.45, 2.75) is 79.2 Å². The van der Waals surface area contributed by atoms with Gasteiger partial charge in [-0.1, -0.05) is 43.2 Å². The minimum Gasteiger partial charge on any atom is -0.314 e. The number of hydrogen-bond acceptors (Lipinski definition) is 3. The van der Waals surface area contributed by atoms with Gasteiger partial charge in [-0.3, -0.25) is 9.98 Å². The van der Waals surface area contributed by atoms with E-state index in [1.807, 2.05) is 26.1 Å². The van der Waals surface area contributed by atoms with Crippen LogP contribution in [-0.2, 0) is 0 Å². The summed E-state index contributed by atoms with van der Waals surface area (Å²) < 4.78 is 15.6. The minimum atomic E-state index is -0.223. The van der Waals surface area contributed by atoms with E-state index in [1.165, 1.54) is 11.1 Å². The van der Waals surface area contributed by atoms with E-state index in [0.717, 1.165) is 73.2 Å². The molecule has 1 N–H and O–H groups in total. The van der Waals surface area contributed by atoms with Gasteiger partial charge in [-0.15, -0.1) is 0 Å². The molecular formula is C33H44FN3. The molecule has 1 fully saturated rings. The summed E-state index contributed by atoms with van der Waals surface area (Å²) in [5.41, 5.74) is 7.89. The fraction of sp³-hybridized carbons (Fsp3) is 0.455. The summed E-state index contributed by atoms with van der Waals surface area (Å²) >= 11 is 0. The summed E-state index contributed by atoms with van der Waals surface area (Å²) in [5.74, 6) is 0.120. The second-order valence-corrected chi connectivity index (χ2v) is 10.3. The maximum atomic E-state index is 15.6. The number of aryl methyl sites for hydroxylation is 1. The van der Waals surface area contributed by atoms with Crippen molar-refractivity contribution in [3.63, 3.8) is 0 Å². The quantitative estimate of drug-likeness (QED) is 0.357. The first-order valence-electron chi connectivity index (χ1n) is 13.8. The number of benzene rings is 1. The Bertz CT molecular complexity index is 1140. The van der Waals surface area contributed by atoms with Crippen LogP contribution in [0.3, 0.4) is 0 Å². The lowest BCUT2D eigenvalue weighted by molar-refractivity contribution is 0.318. The van der Waals surface area contributed by atoms with Gasteiger partial charge in [-0.25, -0.2) is 4.39 Å². The molecule has 1 aromatic rings. The molecule has 0 bridgehead atoms. The van der Waals surface area contributed by atoms with Gasteiger partial charge in [-0.2, -0.15) is 0 Å². The molecule has 2 atom stereocenters. The molecule has 37 heavy (non-hydrogen) atoms. The SMILES string of the molecule is CC=N/C(=C\c1c(C)cc(C(/C=C(C)\C2=C/C/C(C)=C\C=C\C2)=NC)cc1F)C1CCNC(CCC)C1. The average Bonchev–Trinajstić information content (AvgIpc) is 2.86. The number of rotatable bonds is 8. The van der Waals surface area contributed by atoms with Crippen molar-refractivity contribution in [3.05, 3.63) is 87.4 Å². The highest BCUT2D eigenvalue weighted by atomic mass is 19.1. The second-order valence-electron chi connectivity index (χ2n) is 10.3. The summed E-state index contributed by atoms with van der Waals surface area (Å²) in [7, 11) is 1.78. The third-order valence-corrected chi connectivity index (χ3v) is 7.38. The van der Waals surface area contributed by atoms with Gasteiger partial charge < -0.3 is 5.32 Å². The van der Waals surface area contributed by atoms with Crippen LogP contribution in [0.25, 0.3) is 6.08 Å². The molecule has 0 amide bonds. The molecular weight excluding hydrogens is 457 g/mol. The van der Waals surface area contributed by atoms with Crippen LogP contribution in [0, 0.1) is 18.7 Å². The van der Waals surface area contributed by atoms with Crippen molar-refractivity contribution in [1.29, 1.82) is 0 Å². The Morgan fingerprint density at radius 3 is 2.73 bits per heavy atom. The molecule has 0 aromatic heterocycles. The van der Waals surface area contributed by atoms with Gasteiger partial charge in [0.2, 0.25) is 0 Å². The van der Waals surface area contributed by atoms with Gasteiger partial charge in [0, 0.05) is 42.0 Å². The summed E-state index contributed by atoms with van der Waals surface area (Å²) in [5, 5.41) is 3.63. The molecule has 0 spiro atoms. The van der Waals surface area contributed by atoms with Crippen molar-refractivity contribution in [2.75, 3.05) is 13.6 Å². The fourth-order valence-electron chi connectivity index (χ4n) is 5.25. The third kappa shape index (κ3) is 8.07. The predicted octanol–water partition coefficient (Wildman–Crippen LogP) is 8.32. The van der Waals surface area contributed by atoms with E-state index in [9.17, 15) is 0 Å². The number of piperidine rings is 1. The van der Waals surface area contributed by atoms with E-state index in [0.29, 0.717) is 17.5 Å². The molecule has 198 valence electrons. The van der Waals surface area contributed by atoms with Crippen molar-refractivity contribution in [2.24, 2.45) is 15.9 Å². The lowest BCUT2D eigenvalue weighted by Gasteiger charge is -2.30. The standard InChI is InChI=1S/C33H44FN3/c1-7-11-29-20-27(16-17-37-29)33(36-8-2)22-30-25(5)18-28(21-31(30)34)32(35-6)19-24(4)26-13-10-9-12-23(3)14-15-26/h8-10,12,15,18-19,21-22,27,29,37H,7,11,13-14,16-17,20H2,1-6H3/b10-9+,23-12-,24-19-,26-15-,33-22-,35-32?,36-8?. The van der Waals surface area contributed by atoms with Crippen molar-refractivity contribution < 1.29 is 4.39 Å². The first-order valence-corrected chi connectivity index (χ1v) is 13.8. The van der Waals surface area contributed by atoms with E-state index in [-0.39, 0.29) is 5.82 Å². The zero-order valence-electron chi connectivity index (χ0n) is 23.6. The Morgan fingerprint density at radius 2 is 2.03 bits per heavy atom. The van der Waals surface area contributed by atoms with Gasteiger partial charge in [0.1, 0.15) is 5.82 Å². The van der Waals surface area contributed by atoms with Crippen LogP contribution in [-0.4, -0.2) is 31.6 Å². The van der Waals surface area contributed by atoms with Crippen LogP contribution in [0.2, 0.25) is 0 Å². The zero-order chi connectivity index (χ0) is 26.8. The van der Waals surface area contributed by atoms with Crippen molar-refractivity contribution >= 4 is 18.0 Å². The van der Waals surface area contributed by atoms with E-state index in [4.69, 9.17) is 4.99 Å². The lowest BCUT2D eigenvalue weighted by Crippen LogP contribution is -2.38. The zero-order valence-corrected chi connectivity index (χ0v) is 23.6. The van der Waals surface area contributed by atoms with Crippen LogP contribution in [0.15, 0.2) is 74.9 Å². The molecule has 2 aliphatic rings. The maximum Gasteiger partial charge on any atom is 0.131 e. The molecule has 3 nitrogen and oxygen atoms in total. The largest absolute Gasteiger partial charge is 0.314 e. The summed E-state index contributed by atoms with van der Waals surface area (Å²) in [4.78, 5) is 9.22. The normalized spacial score (nSPS) is 25.8. The van der Waals surface area contributed by atoms with E-state index in [2.05, 4.69) is 67.5 Å². The molecule has 0 radical (unpaired) electrons. The molecule has 2 unspecified atom stereocenters. The van der Waals surface area contributed by atoms with E-state index in [1.54, 1.807) is 13.1 Å². The third-order valence-electron chi connectivity index (χ3n) is 7.38. The van der Waals surface area contributed by atoms with Gasteiger partial charge in [0.15, 0.2) is 0 Å².